The van der Waals surface area contributed by atoms with E-state index in [4.69, 9.17) is 0 Å². The molecule has 0 aliphatic heterocycles. The van der Waals surface area contributed by atoms with Gasteiger partial charge < -0.3 is 0 Å². The van der Waals surface area contributed by atoms with Gasteiger partial charge in [-0.15, -0.1) is 0 Å². The largest absolute Gasteiger partial charge is 0.0835 e. The Morgan fingerprint density at radius 1 is 0.857 bits per heavy atom. The lowest BCUT2D eigenvalue weighted by atomic mass is 9.88. The normalized spacial score (nSPS) is 21.9. The topological polar surface area (TPSA) is 0 Å². The lowest BCUT2D eigenvalue weighted by molar-refractivity contribution is 0.457. The Labute approximate surface area is 139 Å². The Morgan fingerprint density at radius 2 is 1.38 bits per heavy atom. The molecule has 0 amide bonds. The van der Waals surface area contributed by atoms with Crippen LogP contribution in [0, 0.1) is 16.7 Å². The summed E-state index contributed by atoms with van der Waals surface area (Å²) in [6.07, 6.45) is 0. The molecular formula is C20H31Br. The fraction of sp³-hybridized carbons (Fsp3) is 0.700. The molecular weight excluding hydrogens is 320 g/mol. The van der Waals surface area contributed by atoms with Crippen molar-refractivity contribution in [3.05, 3.63) is 34.9 Å². The monoisotopic (exact) mass is 350 g/mol. The third-order valence-electron chi connectivity index (χ3n) is 6.12. The van der Waals surface area contributed by atoms with Crippen molar-refractivity contribution in [2.75, 3.05) is 0 Å². The Bertz CT molecular complexity index is 509. The zero-order valence-electron chi connectivity index (χ0n) is 14.9. The number of alkyl halides is 1. The second-order valence-electron chi connectivity index (χ2n) is 8.52. The molecule has 1 saturated carbocycles. The third-order valence-corrected chi connectivity index (χ3v) is 7.14. The maximum absolute atomic E-state index is 4.04. The summed E-state index contributed by atoms with van der Waals surface area (Å²) in [5, 5.41) is 0. The zero-order chi connectivity index (χ0) is 16.2. The van der Waals surface area contributed by atoms with Gasteiger partial charge in [0.05, 0.1) is 0 Å². The molecule has 21 heavy (non-hydrogen) atoms. The summed E-state index contributed by atoms with van der Waals surface area (Å²) in [6, 6.07) is 7.12. The van der Waals surface area contributed by atoms with E-state index >= 15 is 0 Å². The smallest absolute Gasteiger partial charge is 0.0436 e. The van der Waals surface area contributed by atoms with Gasteiger partial charge >= 0.3 is 0 Å². The molecule has 1 fully saturated rings. The van der Waals surface area contributed by atoms with Crippen LogP contribution in [0.15, 0.2) is 18.2 Å². The van der Waals surface area contributed by atoms with Crippen LogP contribution < -0.4 is 0 Å². The van der Waals surface area contributed by atoms with Gasteiger partial charge in [-0.05, 0) is 45.3 Å². The van der Waals surface area contributed by atoms with E-state index in [2.05, 4.69) is 89.5 Å². The molecule has 1 aromatic rings. The van der Waals surface area contributed by atoms with Crippen molar-refractivity contribution in [1.82, 2.24) is 0 Å². The van der Waals surface area contributed by atoms with Crippen molar-refractivity contribution in [2.24, 2.45) is 16.7 Å². The standard InChI is InChI=1S/C20H31Br/c1-12(2)14-9-10-15(16(11-14)13(3)4)17(21)18-19(5,6)20(18,7)8/h9-13,17-18H,1-8H3. The van der Waals surface area contributed by atoms with Crippen molar-refractivity contribution in [1.29, 1.82) is 0 Å². The summed E-state index contributed by atoms with van der Waals surface area (Å²) in [7, 11) is 0. The molecule has 2 rings (SSSR count). The number of rotatable bonds is 4. The van der Waals surface area contributed by atoms with E-state index in [-0.39, 0.29) is 0 Å². The van der Waals surface area contributed by atoms with E-state index in [1.54, 1.807) is 0 Å². The van der Waals surface area contributed by atoms with Crippen LogP contribution in [0.1, 0.15) is 88.7 Å². The maximum Gasteiger partial charge on any atom is 0.0436 e. The summed E-state index contributed by atoms with van der Waals surface area (Å²) in [5.41, 5.74) is 5.29. The number of benzene rings is 1. The first kappa shape index (κ1) is 17.1. The molecule has 118 valence electrons. The van der Waals surface area contributed by atoms with E-state index in [9.17, 15) is 0 Å². The highest BCUT2D eigenvalue weighted by Gasteiger charge is 2.67. The molecule has 1 aliphatic rings. The third kappa shape index (κ3) is 2.71. The van der Waals surface area contributed by atoms with Crippen LogP contribution in [0.25, 0.3) is 0 Å². The highest BCUT2D eigenvalue weighted by Crippen LogP contribution is 2.74. The summed E-state index contributed by atoms with van der Waals surface area (Å²) in [6.45, 7) is 18.8. The predicted molar refractivity (Wildman–Crippen MR) is 97.3 cm³/mol. The average molecular weight is 351 g/mol. The molecule has 0 nitrogen and oxygen atoms in total. The second-order valence-corrected chi connectivity index (χ2v) is 9.51. The van der Waals surface area contributed by atoms with E-state index < -0.39 is 0 Å². The number of halogens is 1. The molecule has 0 heterocycles. The molecule has 0 aromatic heterocycles. The molecule has 1 unspecified atom stereocenters. The van der Waals surface area contributed by atoms with Crippen molar-refractivity contribution < 1.29 is 0 Å². The van der Waals surface area contributed by atoms with Crippen LogP contribution in [-0.4, -0.2) is 0 Å². The van der Waals surface area contributed by atoms with E-state index in [1.165, 1.54) is 16.7 Å². The van der Waals surface area contributed by atoms with Gasteiger partial charge in [-0.1, -0.05) is 89.5 Å². The van der Waals surface area contributed by atoms with E-state index in [0.717, 1.165) is 0 Å². The van der Waals surface area contributed by atoms with Crippen molar-refractivity contribution in [2.45, 2.75) is 72.1 Å². The fourth-order valence-corrected chi connectivity index (χ4v) is 5.60. The molecule has 0 spiro atoms. The zero-order valence-corrected chi connectivity index (χ0v) is 16.5. The van der Waals surface area contributed by atoms with Crippen LogP contribution in [0.5, 0.6) is 0 Å². The first-order chi connectivity index (χ1) is 9.51. The van der Waals surface area contributed by atoms with Crippen LogP contribution >= 0.6 is 15.9 Å². The lowest BCUT2D eigenvalue weighted by Gasteiger charge is -2.21. The van der Waals surface area contributed by atoms with Crippen LogP contribution in [0.3, 0.4) is 0 Å². The minimum Gasteiger partial charge on any atom is -0.0835 e. The fourth-order valence-electron chi connectivity index (χ4n) is 3.86. The number of hydrogen-bond acceptors (Lipinski definition) is 0. The van der Waals surface area contributed by atoms with Gasteiger partial charge in [0.25, 0.3) is 0 Å². The summed E-state index contributed by atoms with van der Waals surface area (Å²) >= 11 is 4.04. The Kier molecular flexibility index (Phi) is 4.39. The van der Waals surface area contributed by atoms with Gasteiger partial charge in [0, 0.05) is 4.83 Å². The summed E-state index contributed by atoms with van der Waals surface area (Å²) < 4.78 is 0. The van der Waals surface area contributed by atoms with Gasteiger partial charge in [-0.3, -0.25) is 0 Å². The van der Waals surface area contributed by atoms with Gasteiger partial charge in [-0.2, -0.15) is 0 Å². The highest BCUT2D eigenvalue weighted by molar-refractivity contribution is 9.09. The van der Waals surface area contributed by atoms with Crippen LogP contribution in [0.4, 0.5) is 0 Å². The average Bonchev–Trinajstić information content (AvgIpc) is 2.78. The molecule has 1 atom stereocenters. The minimum atomic E-state index is 0.409. The maximum atomic E-state index is 4.04. The first-order valence-electron chi connectivity index (χ1n) is 8.29. The molecule has 0 bridgehead atoms. The lowest BCUT2D eigenvalue weighted by Crippen LogP contribution is -2.06. The molecule has 1 aromatic carbocycles. The van der Waals surface area contributed by atoms with E-state index in [1.807, 2.05) is 0 Å². The van der Waals surface area contributed by atoms with Crippen molar-refractivity contribution in [3.63, 3.8) is 0 Å². The summed E-state index contributed by atoms with van der Waals surface area (Å²) in [4.78, 5) is 0.459. The predicted octanol–water partition coefficient (Wildman–Crippen LogP) is 7.05. The molecule has 1 heteroatoms. The van der Waals surface area contributed by atoms with E-state index in [0.29, 0.717) is 33.4 Å². The summed E-state index contributed by atoms with van der Waals surface area (Å²) in [5.74, 6) is 1.87. The molecule has 0 N–H and O–H groups in total. The quantitative estimate of drug-likeness (QED) is 0.510. The molecule has 1 aliphatic carbocycles. The van der Waals surface area contributed by atoms with Crippen molar-refractivity contribution in [3.8, 4) is 0 Å². The SMILES string of the molecule is CC(C)c1ccc(C(Br)C2C(C)(C)C2(C)C)c(C(C)C)c1. The minimum absolute atomic E-state index is 0.409. The van der Waals surface area contributed by atoms with Gasteiger partial charge in [0.1, 0.15) is 0 Å². The van der Waals surface area contributed by atoms with Gasteiger partial charge in [0.2, 0.25) is 0 Å². The number of hydrogen-bond donors (Lipinski definition) is 0. The Hall–Kier alpha value is -0.300. The second kappa shape index (κ2) is 5.41. The first-order valence-corrected chi connectivity index (χ1v) is 9.21. The molecule has 0 saturated heterocycles. The van der Waals surface area contributed by atoms with Gasteiger partial charge in [0.15, 0.2) is 0 Å². The highest BCUT2D eigenvalue weighted by atomic mass is 79.9. The Morgan fingerprint density at radius 3 is 1.76 bits per heavy atom. The van der Waals surface area contributed by atoms with Crippen molar-refractivity contribution >= 4 is 15.9 Å². The molecule has 0 radical (unpaired) electrons. The Balaban J connectivity index is 2.41. The van der Waals surface area contributed by atoms with Gasteiger partial charge in [-0.25, -0.2) is 0 Å². The van der Waals surface area contributed by atoms with Crippen LogP contribution in [0.2, 0.25) is 0 Å². The van der Waals surface area contributed by atoms with Crippen LogP contribution in [-0.2, 0) is 0 Å².